The van der Waals surface area contributed by atoms with Crippen LogP contribution in [0.25, 0.3) is 0 Å². The molecule has 1 N–H and O–H groups in total. The van der Waals surface area contributed by atoms with Crippen molar-refractivity contribution in [1.29, 1.82) is 0 Å². The molecule has 0 aliphatic rings. The van der Waals surface area contributed by atoms with E-state index >= 15 is 0 Å². The average molecular weight is 311 g/mol. The largest absolute Gasteiger partial charge is 0.324 e. The molecule has 1 amide bonds. The summed E-state index contributed by atoms with van der Waals surface area (Å²) < 4.78 is 13.3. The number of thiol groups is 1. The summed E-state index contributed by atoms with van der Waals surface area (Å²) in [4.78, 5) is 10.9. The van der Waals surface area contributed by atoms with Gasteiger partial charge in [0.05, 0.1) is 11.4 Å². The Morgan fingerprint density at radius 3 is 2.85 bits per heavy atom. The second-order valence-electron chi connectivity index (χ2n) is 2.33. The van der Waals surface area contributed by atoms with Gasteiger partial charge in [0, 0.05) is 3.57 Å². The van der Waals surface area contributed by atoms with Gasteiger partial charge in [0.1, 0.15) is 5.82 Å². The average Bonchev–Trinajstić information content (AvgIpc) is 2.09. The monoisotopic (exact) mass is 311 g/mol. The second-order valence-corrected chi connectivity index (χ2v) is 3.81. The molecular formula is C8H7FINOS. The number of carbonyl (C=O) groups excluding carboxylic acids is 1. The number of hydrogen-bond acceptors (Lipinski definition) is 2. The van der Waals surface area contributed by atoms with Gasteiger partial charge in [0.15, 0.2) is 0 Å². The van der Waals surface area contributed by atoms with Crippen LogP contribution >= 0.6 is 35.2 Å². The zero-order valence-corrected chi connectivity index (χ0v) is 9.60. The molecule has 0 saturated carbocycles. The van der Waals surface area contributed by atoms with Crippen LogP contribution in [0.15, 0.2) is 18.2 Å². The first kappa shape index (κ1) is 10.8. The predicted octanol–water partition coefficient (Wildman–Crippen LogP) is 2.30. The van der Waals surface area contributed by atoms with E-state index in [2.05, 4.69) is 17.9 Å². The van der Waals surface area contributed by atoms with Gasteiger partial charge in [-0.25, -0.2) is 4.39 Å². The van der Waals surface area contributed by atoms with Crippen molar-refractivity contribution in [3.05, 3.63) is 27.6 Å². The van der Waals surface area contributed by atoms with Gasteiger partial charge in [-0.15, -0.1) is 0 Å². The minimum atomic E-state index is -0.312. The molecule has 0 unspecified atom stereocenters. The summed E-state index contributed by atoms with van der Waals surface area (Å²) in [6.07, 6.45) is 0. The maximum atomic E-state index is 12.6. The highest BCUT2D eigenvalue weighted by Crippen LogP contribution is 2.18. The SMILES string of the molecule is O=C(CS)Nc1ccc(F)cc1I. The molecule has 0 fully saturated rings. The lowest BCUT2D eigenvalue weighted by molar-refractivity contribution is -0.113. The van der Waals surface area contributed by atoms with Gasteiger partial charge in [0.2, 0.25) is 5.91 Å². The van der Waals surface area contributed by atoms with Gasteiger partial charge in [-0.1, -0.05) is 0 Å². The molecule has 0 aliphatic heterocycles. The fourth-order valence-electron chi connectivity index (χ4n) is 0.781. The molecule has 70 valence electrons. The highest BCUT2D eigenvalue weighted by atomic mass is 127. The number of halogens is 2. The fourth-order valence-corrected chi connectivity index (χ4v) is 1.47. The van der Waals surface area contributed by atoms with Gasteiger partial charge in [0.25, 0.3) is 0 Å². The molecule has 1 aromatic carbocycles. The third kappa shape index (κ3) is 3.15. The van der Waals surface area contributed by atoms with Crippen molar-refractivity contribution in [2.45, 2.75) is 0 Å². The van der Waals surface area contributed by atoms with Crippen LogP contribution in [-0.2, 0) is 4.79 Å². The molecule has 0 atom stereocenters. The third-order valence-electron chi connectivity index (χ3n) is 1.35. The van der Waals surface area contributed by atoms with Crippen LogP contribution in [0.3, 0.4) is 0 Å². The van der Waals surface area contributed by atoms with Crippen molar-refractivity contribution >= 4 is 46.8 Å². The maximum Gasteiger partial charge on any atom is 0.234 e. The number of hydrogen-bond donors (Lipinski definition) is 2. The van der Waals surface area contributed by atoms with Crippen LogP contribution in [0, 0.1) is 9.39 Å². The van der Waals surface area contributed by atoms with E-state index in [1.807, 2.05) is 22.6 Å². The molecule has 0 bridgehead atoms. The quantitative estimate of drug-likeness (QED) is 0.637. The van der Waals surface area contributed by atoms with Crippen LogP contribution in [0.1, 0.15) is 0 Å². The van der Waals surface area contributed by atoms with E-state index < -0.39 is 0 Å². The smallest absolute Gasteiger partial charge is 0.234 e. The summed E-state index contributed by atoms with van der Waals surface area (Å²) in [6.45, 7) is 0. The van der Waals surface area contributed by atoms with E-state index in [9.17, 15) is 9.18 Å². The lowest BCUT2D eigenvalue weighted by Crippen LogP contribution is -2.13. The van der Waals surface area contributed by atoms with Crippen LogP contribution < -0.4 is 5.32 Å². The minimum absolute atomic E-state index is 0.119. The summed E-state index contributed by atoms with van der Waals surface area (Å²) in [6, 6.07) is 4.18. The Labute approximate surface area is 94.5 Å². The Balaban J connectivity index is 2.83. The first-order valence-corrected chi connectivity index (χ1v) is 5.20. The summed E-state index contributed by atoms with van der Waals surface area (Å²) in [5.41, 5.74) is 0.612. The van der Waals surface area contributed by atoms with E-state index in [1.165, 1.54) is 18.2 Å². The molecule has 13 heavy (non-hydrogen) atoms. The minimum Gasteiger partial charge on any atom is -0.324 e. The van der Waals surface area contributed by atoms with Crippen molar-refractivity contribution < 1.29 is 9.18 Å². The molecule has 0 aromatic heterocycles. The van der Waals surface area contributed by atoms with Crippen LogP contribution in [0.5, 0.6) is 0 Å². The van der Waals surface area contributed by atoms with Crippen molar-refractivity contribution in [3.63, 3.8) is 0 Å². The van der Waals surface area contributed by atoms with E-state index in [0.29, 0.717) is 9.26 Å². The van der Waals surface area contributed by atoms with Gasteiger partial charge in [-0.05, 0) is 40.8 Å². The summed E-state index contributed by atoms with van der Waals surface area (Å²) in [5, 5.41) is 2.60. The predicted molar refractivity (Wildman–Crippen MR) is 61.6 cm³/mol. The molecule has 0 saturated heterocycles. The molecule has 0 spiro atoms. The molecule has 2 nitrogen and oxygen atoms in total. The third-order valence-corrected chi connectivity index (χ3v) is 2.53. The van der Waals surface area contributed by atoms with Crippen molar-refractivity contribution in [1.82, 2.24) is 0 Å². The molecule has 1 aromatic rings. The summed E-state index contributed by atoms with van der Waals surface area (Å²) >= 11 is 5.77. The number of rotatable bonds is 2. The zero-order valence-electron chi connectivity index (χ0n) is 6.55. The number of carbonyl (C=O) groups is 1. The fraction of sp³-hybridized carbons (Fsp3) is 0.125. The Morgan fingerprint density at radius 2 is 2.31 bits per heavy atom. The topological polar surface area (TPSA) is 29.1 Å². The molecular weight excluding hydrogens is 304 g/mol. The first-order valence-electron chi connectivity index (χ1n) is 3.49. The molecule has 0 aliphatic carbocycles. The molecule has 5 heteroatoms. The van der Waals surface area contributed by atoms with Gasteiger partial charge >= 0.3 is 0 Å². The maximum absolute atomic E-state index is 12.6. The molecule has 0 heterocycles. The van der Waals surface area contributed by atoms with Crippen molar-refractivity contribution in [2.75, 3.05) is 11.1 Å². The highest BCUT2D eigenvalue weighted by Gasteiger charge is 2.03. The lowest BCUT2D eigenvalue weighted by Gasteiger charge is -2.05. The zero-order chi connectivity index (χ0) is 9.84. The summed E-state index contributed by atoms with van der Waals surface area (Å²) in [5.74, 6) is -0.394. The van der Waals surface area contributed by atoms with E-state index in [-0.39, 0.29) is 17.5 Å². The Bertz CT molecular complexity index is 332. The van der Waals surface area contributed by atoms with Crippen LogP contribution in [-0.4, -0.2) is 11.7 Å². The van der Waals surface area contributed by atoms with Crippen molar-refractivity contribution in [2.24, 2.45) is 0 Å². The lowest BCUT2D eigenvalue weighted by atomic mass is 10.3. The number of benzene rings is 1. The van der Waals surface area contributed by atoms with Gasteiger partial charge in [-0.2, -0.15) is 12.6 Å². The normalized spacial score (nSPS) is 9.77. The Morgan fingerprint density at radius 1 is 1.62 bits per heavy atom. The first-order chi connectivity index (χ1) is 6.13. The van der Waals surface area contributed by atoms with Crippen molar-refractivity contribution in [3.8, 4) is 0 Å². The van der Waals surface area contributed by atoms with Gasteiger partial charge in [-0.3, -0.25) is 4.79 Å². The van der Waals surface area contributed by atoms with E-state index in [1.54, 1.807) is 0 Å². The second kappa shape index (κ2) is 4.80. The van der Waals surface area contributed by atoms with Gasteiger partial charge < -0.3 is 5.32 Å². The molecule has 1 rings (SSSR count). The Hall–Kier alpha value is -0.300. The van der Waals surface area contributed by atoms with E-state index in [4.69, 9.17) is 0 Å². The molecule has 0 radical (unpaired) electrons. The number of anilines is 1. The summed E-state index contributed by atoms with van der Waals surface area (Å²) in [7, 11) is 0. The Kier molecular flexibility index (Phi) is 3.98. The number of nitrogens with one attached hydrogen (secondary N) is 1. The standard InChI is InChI=1S/C8H7FINOS/c9-5-1-2-7(6(10)3-5)11-8(12)4-13/h1-3,13H,4H2,(H,11,12). The number of amides is 1. The van der Waals surface area contributed by atoms with E-state index in [0.717, 1.165) is 0 Å². The van der Waals surface area contributed by atoms with Crippen LogP contribution in [0.2, 0.25) is 0 Å². The van der Waals surface area contributed by atoms with Crippen LogP contribution in [0.4, 0.5) is 10.1 Å². The highest BCUT2D eigenvalue weighted by molar-refractivity contribution is 14.1.